The molecule has 0 aliphatic carbocycles. The smallest absolute Gasteiger partial charge is 0.300 e. The third-order valence-corrected chi connectivity index (χ3v) is 3.94. The molecule has 2 rings (SSSR count). The third-order valence-electron chi connectivity index (χ3n) is 1.48. The monoisotopic (exact) mass is 368 g/mol. The van der Waals surface area contributed by atoms with Crippen LogP contribution in [0.15, 0.2) is 26.6 Å². The second-order valence-electron chi connectivity index (χ2n) is 2.50. The molecule has 0 atom stereocenters. The molecule has 1 aromatic heterocycles. The van der Waals surface area contributed by atoms with Crippen LogP contribution in [0.1, 0.15) is 0 Å². The molecule has 0 radical (unpaired) electrons. The van der Waals surface area contributed by atoms with Crippen molar-refractivity contribution < 1.29 is 4.74 Å². The lowest BCUT2D eigenvalue weighted by atomic mass is 10.3. The van der Waals surface area contributed by atoms with E-state index in [-0.39, 0.29) is 0 Å². The van der Waals surface area contributed by atoms with E-state index in [0.717, 1.165) is 4.47 Å². The average molecular weight is 370 g/mol. The van der Waals surface area contributed by atoms with Crippen LogP contribution in [0.3, 0.4) is 0 Å². The lowest BCUT2D eigenvalue weighted by Gasteiger charge is -2.01. The van der Waals surface area contributed by atoms with E-state index in [4.69, 9.17) is 16.3 Å². The van der Waals surface area contributed by atoms with Gasteiger partial charge in [-0.15, -0.1) is 5.10 Å². The minimum absolute atomic E-state index is 0.472. The number of nitrogens with zero attached hydrogens (tertiary/aromatic N) is 2. The van der Waals surface area contributed by atoms with Gasteiger partial charge in [-0.05, 0) is 55.3 Å². The van der Waals surface area contributed by atoms with Gasteiger partial charge in [0.05, 0.1) is 5.02 Å². The number of ether oxygens (including phenoxy) is 1. The average Bonchev–Trinajstić information content (AvgIpc) is 2.58. The molecule has 2 aromatic rings. The van der Waals surface area contributed by atoms with Gasteiger partial charge in [-0.25, -0.2) is 0 Å². The first kappa shape index (κ1) is 11.3. The number of hydrogen-bond donors (Lipinski definition) is 0. The molecule has 1 aromatic carbocycles. The molecule has 0 aliphatic rings. The first-order valence-corrected chi connectivity index (χ1v) is 6.55. The zero-order valence-corrected chi connectivity index (χ0v) is 11.8. The van der Waals surface area contributed by atoms with Gasteiger partial charge in [0.2, 0.25) is 0 Å². The molecule has 3 nitrogen and oxygen atoms in total. The van der Waals surface area contributed by atoms with Crippen molar-refractivity contribution in [1.82, 2.24) is 10.2 Å². The topological polar surface area (TPSA) is 35.0 Å². The zero-order valence-electron chi connectivity index (χ0n) is 7.08. The fourth-order valence-electron chi connectivity index (χ4n) is 0.875. The predicted molar refractivity (Wildman–Crippen MR) is 66.8 cm³/mol. The van der Waals surface area contributed by atoms with E-state index in [1.165, 1.54) is 11.3 Å². The van der Waals surface area contributed by atoms with Crippen molar-refractivity contribution in [3.8, 4) is 10.9 Å². The van der Waals surface area contributed by atoms with Crippen LogP contribution >= 0.6 is 54.8 Å². The fraction of sp³-hybridized carbons (Fsp3) is 0. The number of halogens is 3. The van der Waals surface area contributed by atoms with E-state index in [2.05, 4.69) is 42.1 Å². The van der Waals surface area contributed by atoms with Gasteiger partial charge in [0, 0.05) is 10.5 Å². The van der Waals surface area contributed by atoms with Gasteiger partial charge in [-0.2, -0.15) is 0 Å². The molecule has 15 heavy (non-hydrogen) atoms. The van der Waals surface area contributed by atoms with E-state index in [0.29, 0.717) is 19.9 Å². The van der Waals surface area contributed by atoms with Crippen molar-refractivity contribution in [2.45, 2.75) is 0 Å². The number of aromatic nitrogens is 2. The minimum atomic E-state index is 0.472. The van der Waals surface area contributed by atoms with E-state index in [1.807, 2.05) is 6.07 Å². The van der Waals surface area contributed by atoms with Crippen LogP contribution in [-0.2, 0) is 0 Å². The van der Waals surface area contributed by atoms with Gasteiger partial charge >= 0.3 is 0 Å². The summed E-state index contributed by atoms with van der Waals surface area (Å²) in [6.45, 7) is 0. The number of rotatable bonds is 2. The van der Waals surface area contributed by atoms with Crippen LogP contribution in [0, 0.1) is 0 Å². The normalized spacial score (nSPS) is 10.3. The summed E-state index contributed by atoms with van der Waals surface area (Å²) in [5.41, 5.74) is 0. The summed E-state index contributed by atoms with van der Waals surface area (Å²) in [6.07, 6.45) is 0. The van der Waals surface area contributed by atoms with Crippen molar-refractivity contribution >= 4 is 54.8 Å². The second kappa shape index (κ2) is 4.78. The predicted octanol–water partition coefficient (Wildman–Crippen LogP) is 4.51. The Morgan fingerprint density at radius 3 is 2.67 bits per heavy atom. The summed E-state index contributed by atoms with van der Waals surface area (Å²) in [6, 6.07) is 5.32. The van der Waals surface area contributed by atoms with Gasteiger partial charge < -0.3 is 4.74 Å². The van der Waals surface area contributed by atoms with Crippen molar-refractivity contribution in [3.05, 3.63) is 31.6 Å². The van der Waals surface area contributed by atoms with E-state index >= 15 is 0 Å². The Morgan fingerprint density at radius 2 is 2.07 bits per heavy atom. The Balaban J connectivity index is 2.21. The van der Waals surface area contributed by atoms with Gasteiger partial charge in [0.1, 0.15) is 5.75 Å². The summed E-state index contributed by atoms with van der Waals surface area (Å²) in [7, 11) is 0. The van der Waals surface area contributed by atoms with E-state index in [9.17, 15) is 0 Å². The van der Waals surface area contributed by atoms with E-state index < -0.39 is 0 Å². The first-order valence-electron chi connectivity index (χ1n) is 3.77. The van der Waals surface area contributed by atoms with Crippen LogP contribution in [0.2, 0.25) is 5.02 Å². The lowest BCUT2D eigenvalue weighted by Crippen LogP contribution is -1.83. The molecule has 0 saturated carbocycles. The van der Waals surface area contributed by atoms with Crippen LogP contribution in [0.5, 0.6) is 10.9 Å². The highest BCUT2D eigenvalue weighted by Gasteiger charge is 2.05. The molecule has 0 N–H and O–H groups in total. The largest absolute Gasteiger partial charge is 0.430 e. The standard InChI is InChI=1S/C8H3Br2ClN2OS/c9-5-2-1-4(3-6(5)11)14-8-13-12-7(10)15-8/h1-3H. The van der Waals surface area contributed by atoms with Gasteiger partial charge in [0.15, 0.2) is 3.92 Å². The Kier molecular flexibility index (Phi) is 3.60. The highest BCUT2D eigenvalue weighted by molar-refractivity contribution is 9.11. The highest BCUT2D eigenvalue weighted by atomic mass is 79.9. The third kappa shape index (κ3) is 2.90. The SMILES string of the molecule is Clc1cc(Oc2nnc(Br)s2)ccc1Br. The maximum absolute atomic E-state index is 5.92. The maximum atomic E-state index is 5.92. The molecule has 0 bridgehead atoms. The van der Waals surface area contributed by atoms with Crippen LogP contribution < -0.4 is 4.74 Å². The van der Waals surface area contributed by atoms with Crippen LogP contribution in [0.25, 0.3) is 0 Å². The summed E-state index contributed by atoms with van der Waals surface area (Å²) < 4.78 is 6.95. The van der Waals surface area contributed by atoms with Crippen molar-refractivity contribution in [1.29, 1.82) is 0 Å². The molecular weight excluding hydrogens is 367 g/mol. The molecule has 1 heterocycles. The second-order valence-corrected chi connectivity index (χ2v) is 5.98. The lowest BCUT2D eigenvalue weighted by molar-refractivity contribution is 0.473. The molecule has 0 amide bonds. The quantitative estimate of drug-likeness (QED) is 0.780. The zero-order chi connectivity index (χ0) is 10.8. The number of hydrogen-bond acceptors (Lipinski definition) is 4. The summed E-state index contributed by atoms with van der Waals surface area (Å²) in [5.74, 6) is 0.631. The molecule has 78 valence electrons. The fourth-order valence-corrected chi connectivity index (χ4v) is 2.23. The summed E-state index contributed by atoms with van der Waals surface area (Å²) in [5, 5.41) is 8.64. The summed E-state index contributed by atoms with van der Waals surface area (Å²) in [4.78, 5) is 0. The van der Waals surface area contributed by atoms with Crippen molar-refractivity contribution in [2.75, 3.05) is 0 Å². The molecule has 7 heteroatoms. The molecule has 0 aliphatic heterocycles. The van der Waals surface area contributed by atoms with Crippen molar-refractivity contribution in [3.63, 3.8) is 0 Å². The van der Waals surface area contributed by atoms with Gasteiger partial charge in [-0.3, -0.25) is 0 Å². The minimum Gasteiger partial charge on any atom is -0.430 e. The molecule has 0 fully saturated rings. The van der Waals surface area contributed by atoms with Crippen molar-refractivity contribution in [2.24, 2.45) is 0 Å². The Morgan fingerprint density at radius 1 is 1.27 bits per heavy atom. The highest BCUT2D eigenvalue weighted by Crippen LogP contribution is 2.31. The summed E-state index contributed by atoms with van der Waals surface area (Å²) >= 11 is 13.7. The van der Waals surface area contributed by atoms with E-state index in [1.54, 1.807) is 12.1 Å². The molecule has 0 spiro atoms. The van der Waals surface area contributed by atoms with Gasteiger partial charge in [-0.1, -0.05) is 16.7 Å². The van der Waals surface area contributed by atoms with Crippen LogP contribution in [0.4, 0.5) is 0 Å². The number of benzene rings is 1. The Bertz CT molecular complexity index is 491. The Labute approximate surface area is 112 Å². The van der Waals surface area contributed by atoms with Gasteiger partial charge in [0.25, 0.3) is 5.19 Å². The first-order chi connectivity index (χ1) is 7.15. The molecule has 0 saturated heterocycles. The Hall–Kier alpha value is -0.170. The molecular formula is C8H3Br2ClN2OS. The van der Waals surface area contributed by atoms with Crippen LogP contribution in [-0.4, -0.2) is 10.2 Å². The maximum Gasteiger partial charge on any atom is 0.300 e. The molecule has 0 unspecified atom stereocenters.